The van der Waals surface area contributed by atoms with Gasteiger partial charge >= 0.3 is 0 Å². The van der Waals surface area contributed by atoms with Crippen LogP contribution in [0.15, 0.2) is 45.3 Å². The molecule has 0 N–H and O–H groups in total. The van der Waals surface area contributed by atoms with E-state index in [0.29, 0.717) is 29.7 Å². The van der Waals surface area contributed by atoms with E-state index < -0.39 is 0 Å². The number of nitrogens with zero attached hydrogens (tertiary/aromatic N) is 3. The third-order valence-corrected chi connectivity index (χ3v) is 8.69. The Morgan fingerprint density at radius 3 is 2.21 bits per heavy atom. The normalized spacial score (nSPS) is 31.3. The third kappa shape index (κ3) is 6.64. The Hall–Kier alpha value is -1.77. The fourth-order valence-electron chi connectivity index (χ4n) is 7.17. The Labute approximate surface area is 202 Å². The van der Waals surface area contributed by atoms with Gasteiger partial charge in [-0.2, -0.15) is 0 Å². The van der Waals surface area contributed by atoms with Crippen molar-refractivity contribution in [2.24, 2.45) is 44.6 Å². The summed E-state index contributed by atoms with van der Waals surface area (Å²) in [4.78, 5) is 14.7. The summed E-state index contributed by atoms with van der Waals surface area (Å²) in [6.07, 6.45) is 21.8. The lowest BCUT2D eigenvalue weighted by Crippen LogP contribution is -2.37. The molecule has 0 heterocycles. The molecule has 1 aromatic carbocycles. The second-order valence-electron chi connectivity index (χ2n) is 10.9. The molecule has 3 heteroatoms. The van der Waals surface area contributed by atoms with Gasteiger partial charge in [0.05, 0.1) is 6.04 Å². The molecule has 0 bridgehead atoms. The van der Waals surface area contributed by atoms with Crippen LogP contribution in [0.2, 0.25) is 0 Å². The highest BCUT2D eigenvalue weighted by molar-refractivity contribution is 5.89. The molecule has 3 fully saturated rings. The maximum absolute atomic E-state index is 5.36. The van der Waals surface area contributed by atoms with E-state index in [1.165, 1.54) is 89.0 Å². The first-order valence-electron chi connectivity index (χ1n) is 13.8. The molecule has 0 aliphatic heterocycles. The molecule has 0 aromatic heterocycles. The highest BCUT2D eigenvalue weighted by Gasteiger charge is 2.37. The quantitative estimate of drug-likeness (QED) is 0.390. The monoisotopic (exact) mass is 447 g/mol. The zero-order chi connectivity index (χ0) is 22.9. The number of benzene rings is 1. The summed E-state index contributed by atoms with van der Waals surface area (Å²) in [5, 5.41) is 0. The number of rotatable bonds is 7. The molecular weight excluding hydrogens is 402 g/mol. The third-order valence-electron chi connectivity index (χ3n) is 8.69. The van der Waals surface area contributed by atoms with Crippen molar-refractivity contribution in [3.63, 3.8) is 0 Å². The molecule has 0 radical (unpaired) electrons. The SMILES string of the molecule is CN=CC1CCCC(C(N=Cc2ccccc2)C2CCCC(C(=NC)C3CCCCC3)C2)C1. The highest BCUT2D eigenvalue weighted by atomic mass is 14.8. The number of hydrogen-bond donors (Lipinski definition) is 0. The minimum Gasteiger partial charge on any atom is -0.301 e. The van der Waals surface area contributed by atoms with E-state index in [4.69, 9.17) is 9.98 Å². The predicted molar refractivity (Wildman–Crippen MR) is 143 cm³/mol. The van der Waals surface area contributed by atoms with Gasteiger partial charge in [-0.05, 0) is 86.5 Å². The second-order valence-corrected chi connectivity index (χ2v) is 10.9. The summed E-state index contributed by atoms with van der Waals surface area (Å²) in [5.41, 5.74) is 2.79. The zero-order valence-corrected chi connectivity index (χ0v) is 21.0. The summed E-state index contributed by atoms with van der Waals surface area (Å²) in [7, 11) is 3.99. The molecule has 0 spiro atoms. The molecule has 3 nitrogen and oxygen atoms in total. The van der Waals surface area contributed by atoms with Gasteiger partial charge in [0.25, 0.3) is 0 Å². The molecule has 3 saturated carbocycles. The number of aliphatic imine (C=N–C) groups is 3. The van der Waals surface area contributed by atoms with Crippen molar-refractivity contribution in [2.75, 3.05) is 14.1 Å². The summed E-state index contributed by atoms with van der Waals surface area (Å²) in [6, 6.07) is 11.1. The first kappa shape index (κ1) is 24.4. The largest absolute Gasteiger partial charge is 0.301 e. The van der Waals surface area contributed by atoms with Crippen LogP contribution in [0, 0.1) is 29.6 Å². The first-order valence-corrected chi connectivity index (χ1v) is 13.8. The van der Waals surface area contributed by atoms with Crippen LogP contribution in [-0.2, 0) is 0 Å². The molecule has 180 valence electrons. The Bertz CT molecular complexity index is 790. The first-order chi connectivity index (χ1) is 16.3. The summed E-state index contributed by atoms with van der Waals surface area (Å²) in [5.74, 6) is 3.44. The topological polar surface area (TPSA) is 37.1 Å². The molecule has 1 aromatic rings. The fourth-order valence-corrected chi connectivity index (χ4v) is 7.17. The Morgan fingerprint density at radius 1 is 0.788 bits per heavy atom. The van der Waals surface area contributed by atoms with Crippen molar-refractivity contribution >= 4 is 18.1 Å². The average Bonchev–Trinajstić information content (AvgIpc) is 2.87. The van der Waals surface area contributed by atoms with Crippen LogP contribution >= 0.6 is 0 Å². The van der Waals surface area contributed by atoms with Crippen LogP contribution in [0.25, 0.3) is 0 Å². The number of hydrogen-bond acceptors (Lipinski definition) is 3. The van der Waals surface area contributed by atoms with E-state index in [0.717, 1.165) is 5.92 Å². The molecule has 0 saturated heterocycles. The predicted octanol–water partition coefficient (Wildman–Crippen LogP) is 7.44. The summed E-state index contributed by atoms with van der Waals surface area (Å²) in [6.45, 7) is 0. The van der Waals surface area contributed by atoms with Gasteiger partial charge in [0, 0.05) is 32.2 Å². The van der Waals surface area contributed by atoms with E-state index in [-0.39, 0.29) is 0 Å². The van der Waals surface area contributed by atoms with Crippen molar-refractivity contribution in [3.8, 4) is 0 Å². The minimum absolute atomic E-state index is 0.436. The van der Waals surface area contributed by atoms with Crippen LogP contribution in [-0.4, -0.2) is 38.3 Å². The van der Waals surface area contributed by atoms with Gasteiger partial charge in [-0.3, -0.25) is 9.98 Å². The van der Waals surface area contributed by atoms with E-state index in [1.54, 1.807) is 5.71 Å². The summed E-state index contributed by atoms with van der Waals surface area (Å²) < 4.78 is 0. The smallest absolute Gasteiger partial charge is 0.0556 e. The lowest BCUT2D eigenvalue weighted by molar-refractivity contribution is 0.181. The minimum atomic E-state index is 0.436. The standard InChI is InChI=1S/C30H45N3/c1-31-21-24-13-9-16-26(19-24)30(33-22-23-11-5-3-6-12-23)28-18-10-17-27(20-28)29(32-2)25-14-7-4-8-15-25/h3,5-6,11-12,21-22,24-28,30H,4,7-10,13-20H2,1-2H3. The van der Waals surface area contributed by atoms with Crippen molar-refractivity contribution in [1.82, 2.24) is 0 Å². The van der Waals surface area contributed by atoms with Crippen molar-refractivity contribution in [3.05, 3.63) is 35.9 Å². The Balaban J connectivity index is 1.52. The fraction of sp³-hybridized carbons (Fsp3) is 0.700. The molecule has 3 aliphatic carbocycles. The van der Waals surface area contributed by atoms with Gasteiger partial charge in [-0.1, -0.05) is 62.4 Å². The van der Waals surface area contributed by atoms with Crippen LogP contribution in [0.5, 0.6) is 0 Å². The van der Waals surface area contributed by atoms with Crippen molar-refractivity contribution < 1.29 is 0 Å². The lowest BCUT2D eigenvalue weighted by Gasteiger charge is -2.40. The Morgan fingerprint density at radius 2 is 1.48 bits per heavy atom. The van der Waals surface area contributed by atoms with E-state index in [1.807, 2.05) is 7.05 Å². The van der Waals surface area contributed by atoms with Gasteiger partial charge < -0.3 is 4.99 Å². The van der Waals surface area contributed by atoms with Gasteiger partial charge in [0.1, 0.15) is 0 Å². The molecule has 5 atom stereocenters. The van der Waals surface area contributed by atoms with E-state index in [9.17, 15) is 0 Å². The lowest BCUT2D eigenvalue weighted by atomic mass is 9.67. The van der Waals surface area contributed by atoms with Crippen LogP contribution in [0.1, 0.15) is 89.0 Å². The summed E-state index contributed by atoms with van der Waals surface area (Å²) >= 11 is 0. The molecule has 3 aliphatic rings. The van der Waals surface area contributed by atoms with E-state index in [2.05, 4.69) is 54.8 Å². The van der Waals surface area contributed by atoms with Crippen LogP contribution < -0.4 is 0 Å². The van der Waals surface area contributed by atoms with Gasteiger partial charge in [-0.15, -0.1) is 0 Å². The molecule has 33 heavy (non-hydrogen) atoms. The zero-order valence-electron chi connectivity index (χ0n) is 21.0. The van der Waals surface area contributed by atoms with Crippen LogP contribution in [0.3, 0.4) is 0 Å². The second kappa shape index (κ2) is 12.6. The van der Waals surface area contributed by atoms with Gasteiger partial charge in [0.15, 0.2) is 0 Å². The maximum atomic E-state index is 5.36. The molecule has 0 amide bonds. The Kier molecular flexibility index (Phi) is 9.32. The van der Waals surface area contributed by atoms with E-state index >= 15 is 0 Å². The highest BCUT2D eigenvalue weighted by Crippen LogP contribution is 2.42. The molecular formula is C30H45N3. The average molecular weight is 448 g/mol. The maximum Gasteiger partial charge on any atom is 0.0556 e. The van der Waals surface area contributed by atoms with Crippen molar-refractivity contribution in [1.29, 1.82) is 0 Å². The van der Waals surface area contributed by atoms with Crippen molar-refractivity contribution in [2.45, 2.75) is 89.5 Å². The van der Waals surface area contributed by atoms with Crippen LogP contribution in [0.4, 0.5) is 0 Å². The van der Waals surface area contributed by atoms with Gasteiger partial charge in [-0.25, -0.2) is 0 Å². The molecule has 5 unspecified atom stereocenters. The molecule has 4 rings (SSSR count). The van der Waals surface area contributed by atoms with Gasteiger partial charge in [0.2, 0.25) is 0 Å².